The molecule has 0 aromatic heterocycles. The highest BCUT2D eigenvalue weighted by Gasteiger charge is 2.21. The van der Waals surface area contributed by atoms with Crippen LogP contribution in [0.15, 0.2) is 22.7 Å². The minimum atomic E-state index is 0.152. The van der Waals surface area contributed by atoms with Crippen molar-refractivity contribution in [1.29, 1.82) is 0 Å². The van der Waals surface area contributed by atoms with Crippen LogP contribution in [0.3, 0.4) is 0 Å². The fourth-order valence-corrected chi connectivity index (χ4v) is 3.68. The zero-order valence-corrected chi connectivity index (χ0v) is 14.7. The molecule has 0 heterocycles. The van der Waals surface area contributed by atoms with Crippen LogP contribution in [-0.2, 0) is 0 Å². The van der Waals surface area contributed by atoms with Crippen LogP contribution in [0.25, 0.3) is 0 Å². The van der Waals surface area contributed by atoms with E-state index in [0.717, 1.165) is 23.2 Å². The Kier molecular flexibility index (Phi) is 7.05. The molecular formula is C18H28BrNO. The molecule has 1 fully saturated rings. The van der Waals surface area contributed by atoms with Crippen molar-refractivity contribution in [3.8, 4) is 5.75 Å². The van der Waals surface area contributed by atoms with E-state index in [4.69, 9.17) is 10.5 Å². The van der Waals surface area contributed by atoms with Crippen molar-refractivity contribution in [1.82, 2.24) is 0 Å². The van der Waals surface area contributed by atoms with Crippen LogP contribution in [0.1, 0.15) is 69.9 Å². The van der Waals surface area contributed by atoms with Gasteiger partial charge in [0.1, 0.15) is 5.75 Å². The van der Waals surface area contributed by atoms with Crippen LogP contribution >= 0.6 is 15.9 Å². The van der Waals surface area contributed by atoms with Crippen molar-refractivity contribution >= 4 is 15.9 Å². The van der Waals surface area contributed by atoms with E-state index >= 15 is 0 Å². The second-order valence-corrected chi connectivity index (χ2v) is 7.02. The van der Waals surface area contributed by atoms with Gasteiger partial charge in [0.15, 0.2) is 0 Å². The first-order chi connectivity index (χ1) is 10.2. The Bertz CT molecular complexity index is 427. The lowest BCUT2D eigenvalue weighted by molar-refractivity contribution is 0.313. The fraction of sp³-hybridized carbons (Fsp3) is 0.667. The Balaban J connectivity index is 2.03. The average Bonchev–Trinajstić information content (AvgIpc) is 2.45. The third-order valence-corrected chi connectivity index (χ3v) is 5.08. The Hall–Kier alpha value is -0.540. The lowest BCUT2D eigenvalue weighted by Gasteiger charge is -2.26. The van der Waals surface area contributed by atoms with Crippen LogP contribution in [-0.4, -0.2) is 6.61 Å². The SMILES string of the molecule is CCCOc1ccc(C(N)C2CCCCCCC2)cc1Br. The van der Waals surface area contributed by atoms with E-state index in [1.54, 1.807) is 0 Å². The number of ether oxygens (including phenoxy) is 1. The Morgan fingerprint density at radius 2 is 1.86 bits per heavy atom. The van der Waals surface area contributed by atoms with Crippen molar-refractivity contribution in [2.45, 2.75) is 64.3 Å². The summed E-state index contributed by atoms with van der Waals surface area (Å²) in [7, 11) is 0. The van der Waals surface area contributed by atoms with Gasteiger partial charge in [0.05, 0.1) is 11.1 Å². The van der Waals surface area contributed by atoms with Crippen molar-refractivity contribution in [2.75, 3.05) is 6.61 Å². The number of halogens is 1. The zero-order chi connectivity index (χ0) is 15.1. The third kappa shape index (κ3) is 5.00. The molecule has 1 aliphatic carbocycles. The van der Waals surface area contributed by atoms with Gasteiger partial charge in [0.2, 0.25) is 0 Å². The maximum Gasteiger partial charge on any atom is 0.133 e. The lowest BCUT2D eigenvalue weighted by Crippen LogP contribution is -2.22. The monoisotopic (exact) mass is 353 g/mol. The summed E-state index contributed by atoms with van der Waals surface area (Å²) >= 11 is 3.62. The predicted octanol–water partition coefficient (Wildman–Crippen LogP) is 5.60. The quantitative estimate of drug-likeness (QED) is 0.747. The molecule has 1 aliphatic rings. The molecule has 1 aromatic carbocycles. The fourth-order valence-electron chi connectivity index (χ4n) is 3.17. The summed E-state index contributed by atoms with van der Waals surface area (Å²) in [6, 6.07) is 6.49. The van der Waals surface area contributed by atoms with E-state index in [1.165, 1.54) is 50.5 Å². The van der Waals surface area contributed by atoms with E-state index < -0.39 is 0 Å². The molecule has 118 valence electrons. The van der Waals surface area contributed by atoms with Gasteiger partial charge in [-0.15, -0.1) is 0 Å². The molecule has 3 heteroatoms. The molecule has 2 N–H and O–H groups in total. The molecule has 0 bridgehead atoms. The first-order valence-corrected chi connectivity index (χ1v) is 9.19. The highest BCUT2D eigenvalue weighted by Crippen LogP contribution is 2.34. The van der Waals surface area contributed by atoms with Crippen molar-refractivity contribution < 1.29 is 4.74 Å². The molecule has 1 unspecified atom stereocenters. The molecule has 0 amide bonds. The van der Waals surface area contributed by atoms with Gasteiger partial charge < -0.3 is 10.5 Å². The summed E-state index contributed by atoms with van der Waals surface area (Å²) in [5, 5.41) is 0. The van der Waals surface area contributed by atoms with Crippen LogP contribution in [0.5, 0.6) is 5.75 Å². The standard InChI is InChI=1S/C18H28BrNO/c1-2-12-21-17-11-10-15(13-16(17)19)18(20)14-8-6-4-3-5-7-9-14/h10-11,13-14,18H,2-9,12,20H2,1H3. The second kappa shape index (κ2) is 8.79. The molecule has 21 heavy (non-hydrogen) atoms. The molecule has 1 aromatic rings. The minimum absolute atomic E-state index is 0.152. The predicted molar refractivity (Wildman–Crippen MR) is 92.7 cm³/mol. The van der Waals surface area contributed by atoms with Gasteiger partial charge in [0, 0.05) is 6.04 Å². The van der Waals surface area contributed by atoms with Gasteiger partial charge in [-0.2, -0.15) is 0 Å². The molecule has 0 saturated heterocycles. The smallest absolute Gasteiger partial charge is 0.133 e. The second-order valence-electron chi connectivity index (χ2n) is 6.17. The zero-order valence-electron chi connectivity index (χ0n) is 13.1. The molecule has 0 aliphatic heterocycles. The topological polar surface area (TPSA) is 35.2 Å². The molecule has 0 radical (unpaired) electrons. The first kappa shape index (κ1) is 16.8. The van der Waals surface area contributed by atoms with Crippen LogP contribution in [0.4, 0.5) is 0 Å². The van der Waals surface area contributed by atoms with Crippen LogP contribution in [0.2, 0.25) is 0 Å². The molecule has 2 nitrogen and oxygen atoms in total. The molecule has 0 spiro atoms. The molecule has 2 rings (SSSR count). The summed E-state index contributed by atoms with van der Waals surface area (Å²) in [5.74, 6) is 1.55. The maximum atomic E-state index is 6.55. The summed E-state index contributed by atoms with van der Waals surface area (Å²) < 4.78 is 6.74. The molecule has 1 atom stereocenters. The first-order valence-electron chi connectivity index (χ1n) is 8.40. The number of benzene rings is 1. The number of hydrogen-bond donors (Lipinski definition) is 1. The van der Waals surface area contributed by atoms with Gasteiger partial charge >= 0.3 is 0 Å². The van der Waals surface area contributed by atoms with Gasteiger partial charge in [-0.05, 0) is 58.8 Å². The summed E-state index contributed by atoms with van der Waals surface area (Å²) in [6.45, 7) is 2.87. The summed E-state index contributed by atoms with van der Waals surface area (Å²) in [5.41, 5.74) is 7.78. The largest absolute Gasteiger partial charge is 0.492 e. The average molecular weight is 354 g/mol. The van der Waals surface area contributed by atoms with E-state index in [2.05, 4.69) is 41.1 Å². The van der Waals surface area contributed by atoms with Crippen molar-refractivity contribution in [3.63, 3.8) is 0 Å². The maximum absolute atomic E-state index is 6.55. The highest BCUT2D eigenvalue weighted by molar-refractivity contribution is 9.10. The Morgan fingerprint density at radius 3 is 2.48 bits per heavy atom. The Morgan fingerprint density at radius 1 is 1.19 bits per heavy atom. The lowest BCUT2D eigenvalue weighted by atomic mass is 9.83. The molecule has 1 saturated carbocycles. The van der Waals surface area contributed by atoms with Crippen molar-refractivity contribution in [2.24, 2.45) is 11.7 Å². The van der Waals surface area contributed by atoms with Crippen LogP contribution < -0.4 is 10.5 Å². The molecular weight excluding hydrogens is 326 g/mol. The minimum Gasteiger partial charge on any atom is -0.492 e. The summed E-state index contributed by atoms with van der Waals surface area (Å²) in [6.07, 6.45) is 10.4. The van der Waals surface area contributed by atoms with E-state index in [-0.39, 0.29) is 6.04 Å². The number of nitrogens with two attached hydrogens (primary N) is 1. The van der Waals surface area contributed by atoms with E-state index in [9.17, 15) is 0 Å². The van der Waals surface area contributed by atoms with Crippen LogP contribution in [0, 0.1) is 5.92 Å². The van der Waals surface area contributed by atoms with Crippen molar-refractivity contribution in [3.05, 3.63) is 28.2 Å². The summed E-state index contributed by atoms with van der Waals surface area (Å²) in [4.78, 5) is 0. The third-order valence-electron chi connectivity index (χ3n) is 4.46. The van der Waals surface area contributed by atoms with E-state index in [1.807, 2.05) is 0 Å². The van der Waals surface area contributed by atoms with Gasteiger partial charge in [0.25, 0.3) is 0 Å². The number of rotatable bonds is 5. The normalized spacial score (nSPS) is 18.8. The van der Waals surface area contributed by atoms with Gasteiger partial charge in [-0.25, -0.2) is 0 Å². The highest BCUT2D eigenvalue weighted by atomic mass is 79.9. The van der Waals surface area contributed by atoms with E-state index in [0.29, 0.717) is 5.92 Å². The van der Waals surface area contributed by atoms with Gasteiger partial charge in [-0.1, -0.05) is 45.1 Å². The van der Waals surface area contributed by atoms with Gasteiger partial charge in [-0.3, -0.25) is 0 Å². The Labute approximate surface area is 137 Å². The number of hydrogen-bond acceptors (Lipinski definition) is 2.